The highest BCUT2D eigenvalue weighted by atomic mass is 35.5. The molecule has 49 heavy (non-hydrogen) atoms. The fourth-order valence-corrected chi connectivity index (χ4v) is 6.53. The lowest BCUT2D eigenvalue weighted by molar-refractivity contribution is 0.0768. The lowest BCUT2D eigenvalue weighted by Gasteiger charge is -2.40. The Morgan fingerprint density at radius 1 is 1.06 bits per heavy atom. The molecule has 0 aliphatic carbocycles. The van der Waals surface area contributed by atoms with E-state index in [2.05, 4.69) is 21.4 Å². The summed E-state index contributed by atoms with van der Waals surface area (Å²) >= 11 is 6.51. The monoisotopic (exact) mass is 686 g/mol. The van der Waals surface area contributed by atoms with Gasteiger partial charge >= 0.3 is 12.1 Å². The van der Waals surface area contributed by atoms with Crippen molar-refractivity contribution < 1.29 is 23.5 Å². The van der Waals surface area contributed by atoms with E-state index in [1.54, 1.807) is 23.1 Å². The zero-order valence-corrected chi connectivity index (χ0v) is 27.6. The van der Waals surface area contributed by atoms with Gasteiger partial charge in [-0.25, -0.2) is 9.18 Å². The molecular weight excluding hydrogens is 651 g/mol. The molecule has 1 aromatic heterocycles. The van der Waals surface area contributed by atoms with Crippen LogP contribution in [0.5, 0.6) is 6.01 Å². The summed E-state index contributed by atoms with van der Waals surface area (Å²) < 4.78 is 25.6. The van der Waals surface area contributed by atoms with Gasteiger partial charge in [-0.15, -0.1) is 0 Å². The number of fused-ring (bicyclic) bond motifs is 1. The molecule has 3 heterocycles. The number of nitriles is 1. The highest BCUT2D eigenvalue weighted by Crippen LogP contribution is 2.33. The number of likely N-dealkylation sites (N-methyl/N-ethyl adjacent to an activating group) is 1. The molecular formula is C35H36ClFN8O4. The minimum atomic E-state index is -0.969. The zero-order valence-electron chi connectivity index (χ0n) is 26.9. The molecule has 0 bridgehead atoms. The molecule has 0 unspecified atom stereocenters. The van der Waals surface area contributed by atoms with E-state index in [0.29, 0.717) is 29.1 Å². The van der Waals surface area contributed by atoms with Gasteiger partial charge in [-0.1, -0.05) is 66.2 Å². The molecule has 3 aromatic carbocycles. The second kappa shape index (κ2) is 14.9. The van der Waals surface area contributed by atoms with Crippen molar-refractivity contribution in [2.45, 2.75) is 37.7 Å². The van der Waals surface area contributed by atoms with Crippen molar-refractivity contribution in [2.24, 2.45) is 0 Å². The van der Waals surface area contributed by atoms with Crippen LogP contribution in [0.3, 0.4) is 0 Å². The number of piperazine rings is 1. The molecule has 2 aliphatic heterocycles. The summed E-state index contributed by atoms with van der Waals surface area (Å²) in [4.78, 5) is 41.2. The van der Waals surface area contributed by atoms with Gasteiger partial charge in [0.25, 0.3) is 5.91 Å². The molecule has 2 aliphatic rings. The third-order valence-electron chi connectivity index (χ3n) is 8.81. The lowest BCUT2D eigenvalue weighted by atomic mass is 10.1. The van der Waals surface area contributed by atoms with Crippen LogP contribution < -0.4 is 20.7 Å². The van der Waals surface area contributed by atoms with Gasteiger partial charge < -0.3 is 30.3 Å². The number of nitrogens with one attached hydrogen (secondary N) is 1. The van der Waals surface area contributed by atoms with Crippen molar-refractivity contribution in [1.82, 2.24) is 19.8 Å². The number of nitrogens with zero attached hydrogens (tertiary/aromatic N) is 6. The van der Waals surface area contributed by atoms with Crippen LogP contribution in [0, 0.1) is 11.3 Å². The molecule has 2 fully saturated rings. The Kier molecular flexibility index (Phi) is 10.3. The van der Waals surface area contributed by atoms with Crippen LogP contribution in [-0.4, -0.2) is 89.9 Å². The molecule has 0 saturated carbocycles. The summed E-state index contributed by atoms with van der Waals surface area (Å²) in [5.74, 6) is -0.397. The van der Waals surface area contributed by atoms with Crippen LogP contribution in [0.2, 0.25) is 5.02 Å². The van der Waals surface area contributed by atoms with Crippen LogP contribution in [-0.2, 0) is 11.3 Å². The summed E-state index contributed by atoms with van der Waals surface area (Å²) in [6.45, 7) is 1.15. The first-order valence-electron chi connectivity index (χ1n) is 15.9. The Labute approximate surface area is 288 Å². The van der Waals surface area contributed by atoms with E-state index in [-0.39, 0.29) is 68.5 Å². The average molecular weight is 687 g/mol. The molecule has 3 N–H and O–H groups in total. The van der Waals surface area contributed by atoms with Crippen LogP contribution in [0.25, 0.3) is 10.8 Å². The third-order valence-corrected chi connectivity index (χ3v) is 9.13. The number of nitrogens with two attached hydrogens (primary N) is 1. The lowest BCUT2D eigenvalue weighted by Crippen LogP contribution is -2.55. The molecule has 2 saturated heterocycles. The number of rotatable bonds is 9. The van der Waals surface area contributed by atoms with E-state index in [0.717, 1.165) is 10.9 Å². The maximum absolute atomic E-state index is 14.1. The van der Waals surface area contributed by atoms with E-state index in [1.165, 1.54) is 4.90 Å². The summed E-state index contributed by atoms with van der Waals surface area (Å²) in [7, 11) is 1.82. The van der Waals surface area contributed by atoms with Gasteiger partial charge in [0, 0.05) is 37.6 Å². The number of aromatic nitrogens is 2. The third kappa shape index (κ3) is 7.61. The van der Waals surface area contributed by atoms with Crippen LogP contribution in [0.15, 0.2) is 66.7 Å². The Morgan fingerprint density at radius 2 is 1.84 bits per heavy atom. The first-order chi connectivity index (χ1) is 23.7. The second-order valence-corrected chi connectivity index (χ2v) is 12.5. The van der Waals surface area contributed by atoms with E-state index >= 15 is 0 Å². The summed E-state index contributed by atoms with van der Waals surface area (Å²) in [6, 6.07) is 21.5. The van der Waals surface area contributed by atoms with Crippen LogP contribution in [0.4, 0.5) is 26.4 Å². The van der Waals surface area contributed by atoms with Gasteiger partial charge in [0.05, 0.1) is 29.2 Å². The highest BCUT2D eigenvalue weighted by molar-refractivity contribution is 6.37. The van der Waals surface area contributed by atoms with Crippen LogP contribution in [0.1, 0.15) is 28.9 Å². The zero-order chi connectivity index (χ0) is 34.5. The quantitative estimate of drug-likeness (QED) is 0.238. The Morgan fingerprint density at radius 3 is 2.57 bits per heavy atom. The Balaban J connectivity index is 1.27. The number of amides is 2. The molecule has 2 amide bonds. The fourth-order valence-electron chi connectivity index (χ4n) is 6.24. The molecule has 4 aromatic rings. The number of hydrogen-bond acceptors (Lipinski definition) is 10. The Hall–Kier alpha value is -5.19. The van der Waals surface area contributed by atoms with E-state index in [1.807, 2.05) is 60.5 Å². The number of carbonyl (C=O) groups excluding carboxylic acids is 2. The predicted molar refractivity (Wildman–Crippen MR) is 184 cm³/mol. The number of nitrogen functional groups attached to an aromatic ring is 1. The topological polar surface area (TPSA) is 150 Å². The number of carbonyl (C=O) groups is 2. The van der Waals surface area contributed by atoms with Crippen molar-refractivity contribution in [3.8, 4) is 12.1 Å². The molecule has 0 spiro atoms. The summed E-state index contributed by atoms with van der Waals surface area (Å²) in [5, 5.41) is 14.5. The van der Waals surface area contributed by atoms with Gasteiger partial charge in [0.1, 0.15) is 25.1 Å². The average Bonchev–Trinajstić information content (AvgIpc) is 3.43. The number of anilines is 3. The summed E-state index contributed by atoms with van der Waals surface area (Å²) in [6.07, 6.45) is -1.18. The Bertz CT molecular complexity index is 1870. The van der Waals surface area contributed by atoms with Gasteiger partial charge in [-0.3, -0.25) is 9.69 Å². The van der Waals surface area contributed by atoms with E-state index in [4.69, 9.17) is 26.8 Å². The van der Waals surface area contributed by atoms with Gasteiger partial charge in [0.15, 0.2) is 11.5 Å². The van der Waals surface area contributed by atoms with Crippen molar-refractivity contribution in [2.75, 3.05) is 55.8 Å². The number of hydrogen-bond donors (Lipinski definition) is 2. The minimum absolute atomic E-state index is 0.00574. The first kappa shape index (κ1) is 33.7. The maximum atomic E-state index is 14.1. The molecule has 14 heteroatoms. The number of benzene rings is 3. The van der Waals surface area contributed by atoms with Crippen LogP contribution >= 0.6 is 11.6 Å². The van der Waals surface area contributed by atoms with Crippen molar-refractivity contribution in [1.29, 1.82) is 5.26 Å². The molecule has 0 radical (unpaired) electrons. The van der Waals surface area contributed by atoms with Gasteiger partial charge in [0.2, 0.25) is 0 Å². The van der Waals surface area contributed by atoms with Crippen molar-refractivity contribution in [3.05, 3.63) is 83.0 Å². The number of halogens is 2. The smallest absolute Gasteiger partial charge is 0.410 e. The van der Waals surface area contributed by atoms with Crippen molar-refractivity contribution in [3.63, 3.8) is 0 Å². The predicted octanol–water partition coefficient (Wildman–Crippen LogP) is 5.28. The second-order valence-electron chi connectivity index (χ2n) is 12.1. The van der Waals surface area contributed by atoms with Gasteiger partial charge in [-0.2, -0.15) is 15.2 Å². The summed E-state index contributed by atoms with van der Waals surface area (Å²) in [5.41, 5.74) is 7.80. The number of likely N-dealkylation sites (tertiary alicyclic amines) is 1. The normalized spacial score (nSPS) is 19.4. The van der Waals surface area contributed by atoms with Crippen molar-refractivity contribution >= 4 is 51.6 Å². The fraction of sp³-hybridized carbons (Fsp3) is 0.343. The minimum Gasteiger partial charge on any atom is -0.462 e. The van der Waals surface area contributed by atoms with E-state index in [9.17, 15) is 19.2 Å². The number of alkyl halides is 1. The highest BCUT2D eigenvalue weighted by Gasteiger charge is 2.35. The maximum Gasteiger partial charge on any atom is 0.410 e. The molecule has 254 valence electrons. The SMILES string of the molecule is CN1C[C@H](F)C[C@H]1COc1nc(C(=O)Nc2cccc3cccc(Cl)c23)c(N)c(N2CCN(C(=O)OCc3ccccc3)[C@@H](CC#N)C2)n1. The van der Waals surface area contributed by atoms with E-state index < -0.39 is 24.2 Å². The molecule has 3 atom stereocenters. The molecule has 12 nitrogen and oxygen atoms in total. The number of ether oxygens (including phenoxy) is 2. The standard InChI is InChI=1S/C35H36ClFN8O4/c1-43-18-24(37)17-26(43)21-48-34-41-31(33(46)40-28-12-6-10-23-9-5-11-27(36)29(23)28)30(39)32(42-34)44-15-16-45(25(19-44)13-14-38)35(47)49-20-22-7-3-2-4-8-22/h2-12,24-26H,13,15-21,39H2,1H3,(H,40,46)/t24-,25+,26+/m1/s1. The first-order valence-corrected chi connectivity index (χ1v) is 16.3. The molecule has 6 rings (SSSR count). The largest absolute Gasteiger partial charge is 0.462 e. The van der Waals surface area contributed by atoms with Gasteiger partial charge in [-0.05, 0) is 36.6 Å².